The fraction of sp³-hybridized carbons (Fsp3) is 0.812. The summed E-state index contributed by atoms with van der Waals surface area (Å²) in [4.78, 5) is 11.8. The number of esters is 1. The van der Waals surface area contributed by atoms with Crippen molar-refractivity contribution in [1.29, 1.82) is 0 Å². The molecule has 3 heteroatoms. The van der Waals surface area contributed by atoms with Crippen molar-refractivity contribution in [3.05, 3.63) is 12.2 Å². The second kappa shape index (κ2) is 7.09. The number of hydrogen-bond donors (Lipinski definition) is 0. The molecule has 0 aromatic heterocycles. The van der Waals surface area contributed by atoms with Gasteiger partial charge in [-0.2, -0.15) is 0 Å². The molecule has 1 rings (SSSR count). The summed E-state index contributed by atoms with van der Waals surface area (Å²) in [5.74, 6) is 0.797. The van der Waals surface area contributed by atoms with Gasteiger partial charge in [-0.15, -0.1) is 0 Å². The molecule has 0 N–H and O–H groups in total. The minimum absolute atomic E-state index is 0.253. The van der Waals surface area contributed by atoms with Crippen LogP contribution in [0.25, 0.3) is 0 Å². The molecule has 0 aromatic carbocycles. The quantitative estimate of drug-likeness (QED) is 0.434. The second-order valence-corrected chi connectivity index (χ2v) is 6.57. The molecule has 1 saturated carbocycles. The average Bonchev–Trinajstić information content (AvgIpc) is 2.37. The van der Waals surface area contributed by atoms with Crippen molar-refractivity contribution in [2.45, 2.75) is 46.5 Å². The Morgan fingerprint density at radius 2 is 1.74 bits per heavy atom. The van der Waals surface area contributed by atoms with Gasteiger partial charge in [-0.3, -0.25) is 0 Å². The third kappa shape index (κ3) is 4.98. The van der Waals surface area contributed by atoms with E-state index in [1.54, 1.807) is 7.11 Å². The Morgan fingerprint density at radius 1 is 1.16 bits per heavy atom. The lowest BCUT2D eigenvalue weighted by molar-refractivity contribution is -0.141. The van der Waals surface area contributed by atoms with Crippen LogP contribution in [0.1, 0.15) is 46.5 Å². The van der Waals surface area contributed by atoms with Gasteiger partial charge in [-0.1, -0.05) is 27.4 Å². The van der Waals surface area contributed by atoms with Gasteiger partial charge in [0.25, 0.3) is 0 Å². The minimum atomic E-state index is -0.253. The maximum Gasteiger partial charge on any atom is 0.333 e. The van der Waals surface area contributed by atoms with Gasteiger partial charge in [-0.05, 0) is 42.9 Å². The lowest BCUT2D eigenvalue weighted by Gasteiger charge is -2.37. The first-order chi connectivity index (χ1) is 8.86. The Labute approximate surface area is 117 Å². The Hall–Kier alpha value is -0.830. The molecule has 0 radical (unpaired) electrons. The fourth-order valence-electron chi connectivity index (χ4n) is 2.78. The third-order valence-electron chi connectivity index (χ3n) is 4.23. The van der Waals surface area contributed by atoms with Gasteiger partial charge in [0.1, 0.15) is 6.61 Å². The highest BCUT2D eigenvalue weighted by molar-refractivity contribution is 5.88. The SMILES string of the molecule is C=C(C(=O)OCCOC)C1CCC(C(C)(C)C)CC1. The van der Waals surface area contributed by atoms with Crippen LogP contribution < -0.4 is 0 Å². The molecule has 1 aliphatic carbocycles. The molecule has 110 valence electrons. The van der Waals surface area contributed by atoms with Gasteiger partial charge >= 0.3 is 5.97 Å². The van der Waals surface area contributed by atoms with Crippen LogP contribution in [-0.2, 0) is 14.3 Å². The van der Waals surface area contributed by atoms with E-state index in [1.807, 2.05) is 0 Å². The zero-order valence-corrected chi connectivity index (χ0v) is 12.8. The molecule has 0 amide bonds. The number of ether oxygens (including phenoxy) is 2. The smallest absolute Gasteiger partial charge is 0.333 e. The van der Waals surface area contributed by atoms with Crippen LogP contribution in [0.3, 0.4) is 0 Å². The van der Waals surface area contributed by atoms with E-state index in [0.29, 0.717) is 30.1 Å². The van der Waals surface area contributed by atoms with Gasteiger partial charge in [0.05, 0.1) is 6.61 Å². The van der Waals surface area contributed by atoms with Crippen LogP contribution >= 0.6 is 0 Å². The van der Waals surface area contributed by atoms with Crippen molar-refractivity contribution in [3.8, 4) is 0 Å². The molecule has 3 nitrogen and oxygen atoms in total. The molecule has 0 bridgehead atoms. The Morgan fingerprint density at radius 3 is 2.21 bits per heavy atom. The molecule has 0 unspecified atom stereocenters. The Balaban J connectivity index is 2.38. The highest BCUT2D eigenvalue weighted by Crippen LogP contribution is 2.41. The predicted octanol–water partition coefficient (Wildman–Crippen LogP) is 3.58. The Bertz CT molecular complexity index is 306. The monoisotopic (exact) mass is 268 g/mol. The van der Waals surface area contributed by atoms with Crippen LogP contribution in [0.4, 0.5) is 0 Å². The van der Waals surface area contributed by atoms with Crippen molar-refractivity contribution in [1.82, 2.24) is 0 Å². The summed E-state index contributed by atoms with van der Waals surface area (Å²) in [5, 5.41) is 0. The van der Waals surface area contributed by atoms with E-state index in [4.69, 9.17) is 9.47 Å². The molecule has 0 atom stereocenters. The highest BCUT2D eigenvalue weighted by atomic mass is 16.6. The normalized spacial score (nSPS) is 24.0. The van der Waals surface area contributed by atoms with E-state index < -0.39 is 0 Å². The number of rotatable bonds is 5. The molecule has 0 saturated heterocycles. The topological polar surface area (TPSA) is 35.5 Å². The average molecular weight is 268 g/mol. The second-order valence-electron chi connectivity index (χ2n) is 6.57. The van der Waals surface area contributed by atoms with Crippen molar-refractivity contribution < 1.29 is 14.3 Å². The lowest BCUT2D eigenvalue weighted by Crippen LogP contribution is -2.28. The first-order valence-electron chi connectivity index (χ1n) is 7.21. The highest BCUT2D eigenvalue weighted by Gasteiger charge is 2.32. The predicted molar refractivity (Wildman–Crippen MR) is 76.9 cm³/mol. The molecular weight excluding hydrogens is 240 g/mol. The summed E-state index contributed by atoms with van der Waals surface area (Å²) in [5.41, 5.74) is 1.01. The van der Waals surface area contributed by atoms with Crippen LogP contribution in [0.5, 0.6) is 0 Å². The maximum absolute atomic E-state index is 11.8. The van der Waals surface area contributed by atoms with Crippen molar-refractivity contribution >= 4 is 5.97 Å². The molecule has 0 spiro atoms. The van der Waals surface area contributed by atoms with E-state index in [2.05, 4.69) is 27.4 Å². The standard InChI is InChI=1S/C16H28O3/c1-12(15(17)19-11-10-18-5)13-6-8-14(9-7-13)16(2,3)4/h13-14H,1,6-11H2,2-5H3. The van der Waals surface area contributed by atoms with Gasteiger partial charge in [0, 0.05) is 12.7 Å². The molecule has 19 heavy (non-hydrogen) atoms. The molecule has 1 fully saturated rings. The first kappa shape index (κ1) is 16.2. The van der Waals surface area contributed by atoms with Gasteiger partial charge in [0.15, 0.2) is 0 Å². The summed E-state index contributed by atoms with van der Waals surface area (Å²) in [6, 6.07) is 0. The van der Waals surface area contributed by atoms with E-state index in [1.165, 1.54) is 12.8 Å². The zero-order valence-electron chi connectivity index (χ0n) is 12.8. The molecule has 0 aliphatic heterocycles. The molecular formula is C16H28O3. The number of methoxy groups -OCH3 is 1. The number of hydrogen-bond acceptors (Lipinski definition) is 3. The largest absolute Gasteiger partial charge is 0.460 e. The summed E-state index contributed by atoms with van der Waals surface area (Å²) >= 11 is 0. The van der Waals surface area contributed by atoms with Crippen LogP contribution in [0.15, 0.2) is 12.2 Å². The minimum Gasteiger partial charge on any atom is -0.460 e. The van der Waals surface area contributed by atoms with Gasteiger partial charge in [-0.25, -0.2) is 4.79 Å². The van der Waals surface area contributed by atoms with Crippen LogP contribution in [0.2, 0.25) is 0 Å². The molecule has 0 heterocycles. The summed E-state index contributed by atoms with van der Waals surface area (Å²) in [6.45, 7) is 11.6. The first-order valence-corrected chi connectivity index (χ1v) is 7.21. The zero-order chi connectivity index (χ0) is 14.5. The number of carbonyl (C=O) groups is 1. The molecule has 0 aromatic rings. The van der Waals surface area contributed by atoms with Gasteiger partial charge < -0.3 is 9.47 Å². The van der Waals surface area contributed by atoms with E-state index >= 15 is 0 Å². The summed E-state index contributed by atoms with van der Waals surface area (Å²) in [6.07, 6.45) is 4.47. The molecule has 1 aliphatic rings. The van der Waals surface area contributed by atoms with Gasteiger partial charge in [0.2, 0.25) is 0 Å². The van der Waals surface area contributed by atoms with Crippen LogP contribution in [-0.4, -0.2) is 26.3 Å². The summed E-state index contributed by atoms with van der Waals surface area (Å²) in [7, 11) is 1.59. The fourth-order valence-corrected chi connectivity index (χ4v) is 2.78. The lowest BCUT2D eigenvalue weighted by atomic mass is 9.68. The van der Waals surface area contributed by atoms with E-state index in [-0.39, 0.29) is 5.97 Å². The van der Waals surface area contributed by atoms with Crippen LogP contribution in [0, 0.1) is 17.3 Å². The van der Waals surface area contributed by atoms with Crippen molar-refractivity contribution in [3.63, 3.8) is 0 Å². The summed E-state index contributed by atoms with van der Waals surface area (Å²) < 4.78 is 9.99. The van der Waals surface area contributed by atoms with E-state index in [0.717, 1.165) is 18.8 Å². The van der Waals surface area contributed by atoms with Crippen molar-refractivity contribution in [2.75, 3.05) is 20.3 Å². The Kier molecular flexibility index (Phi) is 6.05. The maximum atomic E-state index is 11.8. The van der Waals surface area contributed by atoms with Crippen molar-refractivity contribution in [2.24, 2.45) is 17.3 Å². The third-order valence-corrected chi connectivity index (χ3v) is 4.23. The number of carbonyl (C=O) groups excluding carboxylic acids is 1. The van der Waals surface area contributed by atoms with E-state index in [9.17, 15) is 4.79 Å².